The summed E-state index contributed by atoms with van der Waals surface area (Å²) < 4.78 is 38.4. The Hall–Kier alpha value is -3.49. The van der Waals surface area contributed by atoms with Gasteiger partial charge in [0.1, 0.15) is 30.5 Å². The highest BCUT2D eigenvalue weighted by Crippen LogP contribution is 2.33. The normalized spacial score (nSPS) is 12.5. The second kappa shape index (κ2) is 6.79. The number of nitrogens with zero attached hydrogens (tertiary/aromatic N) is 3. The maximum atomic E-state index is 13.7. The molecule has 0 bridgehead atoms. The smallest absolute Gasteiger partial charge is 0.249 e. The van der Waals surface area contributed by atoms with Crippen LogP contribution in [0.5, 0.6) is 11.5 Å². The van der Waals surface area contributed by atoms with Gasteiger partial charge in [0.05, 0.1) is 6.20 Å². The van der Waals surface area contributed by atoms with Gasteiger partial charge in [-0.2, -0.15) is 10.1 Å². The Morgan fingerprint density at radius 2 is 1.69 bits per heavy atom. The van der Waals surface area contributed by atoms with Crippen molar-refractivity contribution < 1.29 is 18.3 Å². The molecule has 0 saturated heterocycles. The lowest BCUT2D eigenvalue weighted by Crippen LogP contribution is -2.15. The summed E-state index contributed by atoms with van der Waals surface area (Å²) in [6.07, 6.45) is 1.39. The van der Waals surface area contributed by atoms with E-state index in [0.29, 0.717) is 36.2 Å². The molecule has 1 aromatic heterocycles. The molecule has 0 radical (unpaired) electrons. The van der Waals surface area contributed by atoms with Crippen molar-refractivity contribution in [2.45, 2.75) is 0 Å². The molecule has 1 aliphatic rings. The molecule has 0 aliphatic carbocycles. The molecule has 0 amide bonds. The highest BCUT2D eigenvalue weighted by molar-refractivity contribution is 5.62. The molecule has 0 fully saturated rings. The van der Waals surface area contributed by atoms with E-state index in [2.05, 4.69) is 25.8 Å². The largest absolute Gasteiger partial charge is 0.486 e. The van der Waals surface area contributed by atoms with Crippen LogP contribution in [0, 0.1) is 11.6 Å². The van der Waals surface area contributed by atoms with Crippen LogP contribution in [-0.4, -0.2) is 28.4 Å². The summed E-state index contributed by atoms with van der Waals surface area (Å²) in [4.78, 5) is 4.16. The SMILES string of the molecule is Fc1cccc(F)c1Nc1nncc(Nc2ccc3c(c2)OCCO3)n1. The fraction of sp³-hybridized carbons (Fsp3) is 0.118. The first kappa shape index (κ1) is 16.0. The van der Waals surface area contributed by atoms with E-state index < -0.39 is 11.6 Å². The van der Waals surface area contributed by atoms with Gasteiger partial charge in [-0.3, -0.25) is 0 Å². The van der Waals surface area contributed by atoms with Crippen molar-refractivity contribution in [3.8, 4) is 11.5 Å². The van der Waals surface area contributed by atoms with Crippen molar-refractivity contribution in [3.05, 3.63) is 54.2 Å². The quantitative estimate of drug-likeness (QED) is 0.740. The minimum absolute atomic E-state index is 0.0449. The molecule has 9 heteroatoms. The predicted octanol–water partition coefficient (Wildman–Crippen LogP) is 3.41. The zero-order valence-electron chi connectivity index (χ0n) is 13.4. The Balaban J connectivity index is 1.54. The van der Waals surface area contributed by atoms with Gasteiger partial charge in [-0.15, -0.1) is 5.10 Å². The lowest BCUT2D eigenvalue weighted by molar-refractivity contribution is 0.171. The molecule has 0 spiro atoms. The molecule has 3 aromatic rings. The highest BCUT2D eigenvalue weighted by Gasteiger charge is 2.13. The molecule has 4 rings (SSSR count). The van der Waals surface area contributed by atoms with Crippen LogP contribution >= 0.6 is 0 Å². The minimum atomic E-state index is -0.751. The van der Waals surface area contributed by atoms with Crippen molar-refractivity contribution >= 4 is 23.1 Å². The van der Waals surface area contributed by atoms with Crippen molar-refractivity contribution in [3.63, 3.8) is 0 Å². The van der Waals surface area contributed by atoms with Crippen LogP contribution in [0.1, 0.15) is 0 Å². The van der Waals surface area contributed by atoms with Gasteiger partial charge in [0.2, 0.25) is 5.95 Å². The van der Waals surface area contributed by atoms with Gasteiger partial charge < -0.3 is 20.1 Å². The summed E-state index contributed by atoms with van der Waals surface area (Å²) in [5.41, 5.74) is 0.351. The number of rotatable bonds is 4. The van der Waals surface area contributed by atoms with E-state index in [1.165, 1.54) is 12.3 Å². The maximum absolute atomic E-state index is 13.7. The van der Waals surface area contributed by atoms with Crippen molar-refractivity contribution in [2.24, 2.45) is 0 Å². The van der Waals surface area contributed by atoms with E-state index in [9.17, 15) is 8.78 Å². The Kier molecular flexibility index (Phi) is 4.18. The summed E-state index contributed by atoms with van der Waals surface area (Å²) in [5.74, 6) is 0.0834. The molecule has 0 atom stereocenters. The third-order valence-electron chi connectivity index (χ3n) is 3.57. The van der Waals surface area contributed by atoms with Gasteiger partial charge in [-0.05, 0) is 24.3 Å². The molecular formula is C17H13F2N5O2. The number of para-hydroxylation sites is 1. The molecule has 1 aliphatic heterocycles. The van der Waals surface area contributed by atoms with E-state index in [0.717, 1.165) is 12.1 Å². The second-order valence-electron chi connectivity index (χ2n) is 5.37. The van der Waals surface area contributed by atoms with Crippen LogP contribution in [0.2, 0.25) is 0 Å². The number of ether oxygens (including phenoxy) is 2. The zero-order valence-corrected chi connectivity index (χ0v) is 13.4. The Morgan fingerprint density at radius 3 is 2.50 bits per heavy atom. The highest BCUT2D eigenvalue weighted by atomic mass is 19.1. The van der Waals surface area contributed by atoms with Crippen LogP contribution in [0.15, 0.2) is 42.6 Å². The van der Waals surface area contributed by atoms with E-state index in [1.807, 2.05) is 0 Å². The van der Waals surface area contributed by atoms with Crippen molar-refractivity contribution in [1.82, 2.24) is 15.2 Å². The second-order valence-corrected chi connectivity index (χ2v) is 5.37. The zero-order chi connectivity index (χ0) is 17.9. The van der Waals surface area contributed by atoms with E-state index in [-0.39, 0.29) is 11.6 Å². The summed E-state index contributed by atoms with van der Waals surface area (Å²) in [6, 6.07) is 8.87. The lowest BCUT2D eigenvalue weighted by Gasteiger charge is -2.19. The molecule has 2 aromatic carbocycles. The molecule has 26 heavy (non-hydrogen) atoms. The molecular weight excluding hydrogens is 344 g/mol. The molecule has 7 nitrogen and oxygen atoms in total. The molecule has 132 valence electrons. The summed E-state index contributed by atoms with van der Waals surface area (Å²) >= 11 is 0. The summed E-state index contributed by atoms with van der Waals surface area (Å²) in [7, 11) is 0. The van der Waals surface area contributed by atoms with Crippen molar-refractivity contribution in [2.75, 3.05) is 23.8 Å². The number of nitrogens with one attached hydrogen (secondary N) is 2. The Bertz CT molecular complexity index is 934. The first-order valence-electron chi connectivity index (χ1n) is 7.76. The Morgan fingerprint density at radius 1 is 0.923 bits per heavy atom. The van der Waals surface area contributed by atoms with E-state index in [4.69, 9.17) is 9.47 Å². The third-order valence-corrected chi connectivity index (χ3v) is 3.57. The van der Waals surface area contributed by atoms with Gasteiger partial charge >= 0.3 is 0 Å². The number of anilines is 4. The molecule has 0 unspecified atom stereocenters. The first-order chi connectivity index (χ1) is 12.7. The predicted molar refractivity (Wildman–Crippen MR) is 90.2 cm³/mol. The minimum Gasteiger partial charge on any atom is -0.486 e. The maximum Gasteiger partial charge on any atom is 0.249 e. The first-order valence-corrected chi connectivity index (χ1v) is 7.76. The fourth-order valence-corrected chi connectivity index (χ4v) is 2.41. The monoisotopic (exact) mass is 357 g/mol. The number of aromatic nitrogens is 3. The molecule has 0 saturated carbocycles. The fourth-order valence-electron chi connectivity index (χ4n) is 2.41. The number of fused-ring (bicyclic) bond motifs is 1. The summed E-state index contributed by atoms with van der Waals surface area (Å²) in [6.45, 7) is 0.991. The van der Waals surface area contributed by atoms with E-state index in [1.54, 1.807) is 18.2 Å². The topological polar surface area (TPSA) is 81.2 Å². The number of benzene rings is 2. The van der Waals surface area contributed by atoms with Gasteiger partial charge in [-0.25, -0.2) is 8.78 Å². The van der Waals surface area contributed by atoms with Gasteiger partial charge in [0.15, 0.2) is 17.3 Å². The summed E-state index contributed by atoms with van der Waals surface area (Å²) in [5, 5.41) is 13.1. The Labute approximate surface area is 147 Å². The van der Waals surface area contributed by atoms with Gasteiger partial charge in [-0.1, -0.05) is 6.07 Å². The molecule has 2 N–H and O–H groups in total. The average Bonchev–Trinajstić information content (AvgIpc) is 2.65. The lowest BCUT2D eigenvalue weighted by atomic mass is 10.2. The standard InChI is InChI=1S/C17H13F2N5O2/c18-11-2-1-3-12(19)16(11)23-17-22-15(9-20-24-17)21-10-4-5-13-14(8-10)26-7-6-25-13/h1-5,8-9H,6-7H2,(H2,21,22,23,24). The molecule has 2 heterocycles. The number of hydrogen-bond donors (Lipinski definition) is 2. The average molecular weight is 357 g/mol. The van der Waals surface area contributed by atoms with Crippen LogP contribution in [0.25, 0.3) is 0 Å². The van der Waals surface area contributed by atoms with E-state index >= 15 is 0 Å². The van der Waals surface area contributed by atoms with Crippen LogP contribution in [-0.2, 0) is 0 Å². The van der Waals surface area contributed by atoms with Crippen LogP contribution in [0.4, 0.5) is 31.9 Å². The van der Waals surface area contributed by atoms with Crippen LogP contribution < -0.4 is 20.1 Å². The van der Waals surface area contributed by atoms with Crippen LogP contribution in [0.3, 0.4) is 0 Å². The number of hydrogen-bond acceptors (Lipinski definition) is 7. The van der Waals surface area contributed by atoms with Gasteiger partial charge in [0.25, 0.3) is 0 Å². The van der Waals surface area contributed by atoms with Gasteiger partial charge in [0, 0.05) is 11.8 Å². The van der Waals surface area contributed by atoms with Crippen molar-refractivity contribution in [1.29, 1.82) is 0 Å². The third kappa shape index (κ3) is 3.32. The number of halogens is 2.